The first-order chi connectivity index (χ1) is 9.66. The van der Waals surface area contributed by atoms with E-state index in [0.717, 1.165) is 30.9 Å². The van der Waals surface area contributed by atoms with E-state index in [1.807, 2.05) is 12.2 Å². The minimum absolute atomic E-state index is 0.228. The van der Waals surface area contributed by atoms with Gasteiger partial charge in [-0.1, -0.05) is 24.3 Å². The molecule has 0 spiro atoms. The molecule has 0 amide bonds. The standard InChI is InChI=1S/C13H18N4O3/c1-15-12(18)14-17(13(15)19)11-4-2-10(3-5-11)16-6-8-20-9-7-16/h2-5,10-11H,6-9H2,1H3,(H,14,18). The molecule has 1 aromatic heterocycles. The predicted molar refractivity (Wildman–Crippen MR) is 73.8 cm³/mol. The lowest BCUT2D eigenvalue weighted by Gasteiger charge is -2.32. The third-order valence-corrected chi connectivity index (χ3v) is 3.79. The summed E-state index contributed by atoms with van der Waals surface area (Å²) < 4.78 is 7.74. The normalized spacial score (nSPS) is 27.1. The molecule has 2 aliphatic rings. The highest BCUT2D eigenvalue weighted by atomic mass is 16.5. The average Bonchev–Trinajstić information content (AvgIpc) is 2.76. The van der Waals surface area contributed by atoms with Gasteiger partial charge < -0.3 is 4.74 Å². The van der Waals surface area contributed by atoms with Crippen molar-refractivity contribution in [3.05, 3.63) is 45.3 Å². The van der Waals surface area contributed by atoms with Gasteiger partial charge in [0.15, 0.2) is 0 Å². The van der Waals surface area contributed by atoms with E-state index in [2.05, 4.69) is 22.2 Å². The molecule has 1 aliphatic heterocycles. The summed E-state index contributed by atoms with van der Waals surface area (Å²) in [5, 5.41) is 2.55. The summed E-state index contributed by atoms with van der Waals surface area (Å²) in [6.07, 6.45) is 8.01. The molecule has 1 fully saturated rings. The van der Waals surface area contributed by atoms with Crippen LogP contribution < -0.4 is 11.4 Å². The zero-order chi connectivity index (χ0) is 14.1. The number of allylic oxidation sites excluding steroid dienone is 2. The number of nitrogens with one attached hydrogen (secondary N) is 1. The lowest BCUT2D eigenvalue weighted by Crippen LogP contribution is -2.42. The van der Waals surface area contributed by atoms with Crippen molar-refractivity contribution in [3.63, 3.8) is 0 Å². The Hall–Kier alpha value is -1.86. The number of aromatic nitrogens is 3. The molecule has 0 atom stereocenters. The molecule has 2 heterocycles. The maximum Gasteiger partial charge on any atom is 0.347 e. The summed E-state index contributed by atoms with van der Waals surface area (Å²) >= 11 is 0. The molecule has 0 bridgehead atoms. The number of H-pyrrole nitrogens is 1. The largest absolute Gasteiger partial charge is 0.379 e. The molecule has 1 aromatic rings. The molecule has 7 heteroatoms. The van der Waals surface area contributed by atoms with Crippen LogP contribution in [-0.2, 0) is 11.8 Å². The zero-order valence-corrected chi connectivity index (χ0v) is 11.4. The SMILES string of the molecule is Cn1c(=O)[nH]n(C2C=CC(N3CCOCC3)C=C2)c1=O. The van der Waals surface area contributed by atoms with Gasteiger partial charge in [-0.25, -0.2) is 23.9 Å². The maximum atomic E-state index is 11.9. The van der Waals surface area contributed by atoms with Gasteiger partial charge in [-0.3, -0.25) is 4.90 Å². The molecule has 1 aliphatic carbocycles. The van der Waals surface area contributed by atoms with Crippen molar-refractivity contribution in [1.82, 2.24) is 19.2 Å². The van der Waals surface area contributed by atoms with Gasteiger partial charge in [0.05, 0.1) is 19.3 Å². The van der Waals surface area contributed by atoms with Crippen LogP contribution in [0.2, 0.25) is 0 Å². The van der Waals surface area contributed by atoms with Crippen LogP contribution in [0.15, 0.2) is 33.9 Å². The van der Waals surface area contributed by atoms with Crippen molar-refractivity contribution in [3.8, 4) is 0 Å². The highest BCUT2D eigenvalue weighted by molar-refractivity contribution is 5.19. The van der Waals surface area contributed by atoms with Gasteiger partial charge in [-0.15, -0.1) is 0 Å². The van der Waals surface area contributed by atoms with Crippen LogP contribution in [0.5, 0.6) is 0 Å². The monoisotopic (exact) mass is 278 g/mol. The van der Waals surface area contributed by atoms with Crippen molar-refractivity contribution >= 4 is 0 Å². The summed E-state index contributed by atoms with van der Waals surface area (Å²) in [5.41, 5.74) is -0.730. The van der Waals surface area contributed by atoms with E-state index in [1.165, 1.54) is 11.7 Å². The van der Waals surface area contributed by atoms with E-state index in [9.17, 15) is 9.59 Å². The van der Waals surface area contributed by atoms with Gasteiger partial charge in [0.2, 0.25) is 0 Å². The summed E-state index contributed by atoms with van der Waals surface area (Å²) in [7, 11) is 1.46. The number of nitrogens with zero attached hydrogens (tertiary/aromatic N) is 3. The Morgan fingerprint density at radius 2 is 1.70 bits per heavy atom. The van der Waals surface area contributed by atoms with Gasteiger partial charge in [0.25, 0.3) is 0 Å². The quantitative estimate of drug-likeness (QED) is 0.722. The van der Waals surface area contributed by atoms with E-state index >= 15 is 0 Å². The van der Waals surface area contributed by atoms with E-state index < -0.39 is 5.69 Å². The molecule has 0 radical (unpaired) electrons. The third kappa shape index (κ3) is 2.30. The Bertz CT molecular complexity index is 631. The van der Waals surface area contributed by atoms with Gasteiger partial charge >= 0.3 is 11.4 Å². The van der Waals surface area contributed by atoms with Gasteiger partial charge in [-0.05, 0) is 0 Å². The van der Waals surface area contributed by atoms with E-state index in [4.69, 9.17) is 4.74 Å². The van der Waals surface area contributed by atoms with Crippen LogP contribution in [0.3, 0.4) is 0 Å². The highest BCUT2D eigenvalue weighted by Crippen LogP contribution is 2.17. The summed E-state index contributed by atoms with van der Waals surface area (Å²) in [6.45, 7) is 3.33. The van der Waals surface area contributed by atoms with Crippen molar-refractivity contribution in [2.45, 2.75) is 12.1 Å². The van der Waals surface area contributed by atoms with E-state index in [1.54, 1.807) is 0 Å². The van der Waals surface area contributed by atoms with Gasteiger partial charge in [-0.2, -0.15) is 0 Å². The second-order valence-electron chi connectivity index (χ2n) is 5.03. The molecule has 20 heavy (non-hydrogen) atoms. The number of hydrogen-bond donors (Lipinski definition) is 1. The van der Waals surface area contributed by atoms with Gasteiger partial charge in [0.1, 0.15) is 0 Å². The van der Waals surface area contributed by atoms with Crippen molar-refractivity contribution in [2.75, 3.05) is 26.3 Å². The molecule has 108 valence electrons. The van der Waals surface area contributed by atoms with Crippen LogP contribution >= 0.6 is 0 Å². The lowest BCUT2D eigenvalue weighted by molar-refractivity contribution is 0.0327. The number of rotatable bonds is 2. The Balaban J connectivity index is 1.76. The zero-order valence-electron chi connectivity index (χ0n) is 11.4. The number of ether oxygens (including phenoxy) is 1. The van der Waals surface area contributed by atoms with Crippen molar-refractivity contribution in [2.24, 2.45) is 7.05 Å². The third-order valence-electron chi connectivity index (χ3n) is 3.79. The minimum Gasteiger partial charge on any atom is -0.379 e. The molecule has 0 unspecified atom stereocenters. The van der Waals surface area contributed by atoms with E-state index in [-0.39, 0.29) is 17.8 Å². The summed E-state index contributed by atoms with van der Waals surface area (Å²) in [6, 6.07) is 0.00924. The second-order valence-corrected chi connectivity index (χ2v) is 5.03. The fourth-order valence-electron chi connectivity index (χ4n) is 2.55. The van der Waals surface area contributed by atoms with E-state index in [0.29, 0.717) is 0 Å². The topological polar surface area (TPSA) is 72.3 Å². The minimum atomic E-state index is -0.396. The van der Waals surface area contributed by atoms with Gasteiger partial charge in [0, 0.05) is 26.2 Å². The Kier molecular flexibility index (Phi) is 3.45. The van der Waals surface area contributed by atoms with Crippen LogP contribution in [0.4, 0.5) is 0 Å². The smallest absolute Gasteiger partial charge is 0.347 e. The summed E-state index contributed by atoms with van der Waals surface area (Å²) in [4.78, 5) is 25.6. The molecule has 0 aromatic carbocycles. The van der Waals surface area contributed by atoms with Crippen LogP contribution in [0.1, 0.15) is 6.04 Å². The van der Waals surface area contributed by atoms with Crippen LogP contribution in [0, 0.1) is 0 Å². The Labute approximate surface area is 115 Å². The molecule has 0 saturated carbocycles. The maximum absolute atomic E-state index is 11.9. The molecule has 3 rings (SSSR count). The fourth-order valence-corrected chi connectivity index (χ4v) is 2.55. The number of hydrogen-bond acceptors (Lipinski definition) is 4. The molecule has 1 saturated heterocycles. The fraction of sp³-hybridized carbons (Fsp3) is 0.538. The molecular weight excluding hydrogens is 260 g/mol. The first-order valence-electron chi connectivity index (χ1n) is 6.73. The highest BCUT2D eigenvalue weighted by Gasteiger charge is 2.21. The number of morpholine rings is 1. The lowest BCUT2D eigenvalue weighted by atomic mass is 10.1. The first-order valence-corrected chi connectivity index (χ1v) is 6.73. The number of aromatic amines is 1. The van der Waals surface area contributed by atoms with Crippen LogP contribution in [-0.4, -0.2) is 51.6 Å². The van der Waals surface area contributed by atoms with Crippen molar-refractivity contribution in [1.29, 1.82) is 0 Å². The Morgan fingerprint density at radius 3 is 2.25 bits per heavy atom. The first kappa shape index (κ1) is 13.1. The summed E-state index contributed by atoms with van der Waals surface area (Å²) in [5.74, 6) is 0. The average molecular weight is 278 g/mol. The predicted octanol–water partition coefficient (Wildman–Crippen LogP) is -0.757. The molecular formula is C13H18N4O3. The molecule has 7 nitrogen and oxygen atoms in total. The van der Waals surface area contributed by atoms with Crippen LogP contribution in [0.25, 0.3) is 0 Å². The second kappa shape index (κ2) is 5.26. The Morgan fingerprint density at radius 1 is 1.10 bits per heavy atom. The van der Waals surface area contributed by atoms with Crippen molar-refractivity contribution < 1.29 is 4.74 Å². The molecule has 1 N–H and O–H groups in total.